The highest BCUT2D eigenvalue weighted by molar-refractivity contribution is 5.90. The Morgan fingerprint density at radius 2 is 2.03 bits per heavy atom. The molecule has 164 valence electrons. The van der Waals surface area contributed by atoms with Crippen LogP contribution in [0, 0.1) is 5.92 Å². The van der Waals surface area contributed by atoms with Crippen molar-refractivity contribution < 1.29 is 14.3 Å². The monoisotopic (exact) mass is 426 g/mol. The van der Waals surface area contributed by atoms with Crippen molar-refractivity contribution in [1.82, 2.24) is 19.2 Å². The second-order valence-electron chi connectivity index (χ2n) is 7.71. The molecule has 0 spiro atoms. The molecule has 3 aromatic rings. The SMILES string of the molecule is COc1ccc(NC(=O)Cn2nc3nc(N4CCC[C@@H](C)C4)ccn3c2=O)cc1OC. The van der Waals surface area contributed by atoms with Gasteiger partial charge < -0.3 is 19.7 Å². The summed E-state index contributed by atoms with van der Waals surface area (Å²) in [4.78, 5) is 31.9. The maximum Gasteiger partial charge on any atom is 0.352 e. The second kappa shape index (κ2) is 8.66. The van der Waals surface area contributed by atoms with E-state index in [1.54, 1.807) is 24.4 Å². The zero-order chi connectivity index (χ0) is 22.0. The van der Waals surface area contributed by atoms with Crippen molar-refractivity contribution in [3.63, 3.8) is 0 Å². The molecule has 1 fully saturated rings. The summed E-state index contributed by atoms with van der Waals surface area (Å²) in [5, 5.41) is 7.00. The van der Waals surface area contributed by atoms with Crippen LogP contribution >= 0.6 is 0 Å². The molecule has 1 amide bonds. The molecular weight excluding hydrogens is 400 g/mol. The van der Waals surface area contributed by atoms with E-state index in [2.05, 4.69) is 27.2 Å². The molecule has 1 atom stereocenters. The van der Waals surface area contributed by atoms with Gasteiger partial charge in [0.25, 0.3) is 5.78 Å². The molecule has 0 unspecified atom stereocenters. The number of amides is 1. The number of hydrogen-bond acceptors (Lipinski definition) is 7. The summed E-state index contributed by atoms with van der Waals surface area (Å²) >= 11 is 0. The molecule has 1 aliphatic heterocycles. The fraction of sp³-hybridized carbons (Fsp3) is 0.429. The Bertz CT molecular complexity index is 1150. The quantitative estimate of drug-likeness (QED) is 0.641. The van der Waals surface area contributed by atoms with Crippen LogP contribution in [0.2, 0.25) is 0 Å². The molecule has 0 radical (unpaired) electrons. The Kier molecular flexibility index (Phi) is 5.79. The Labute approximate surface area is 179 Å². The number of aromatic nitrogens is 4. The number of fused-ring (bicyclic) bond motifs is 1. The number of hydrogen-bond donors (Lipinski definition) is 1. The fourth-order valence-electron chi connectivity index (χ4n) is 3.82. The van der Waals surface area contributed by atoms with Gasteiger partial charge in [-0.05, 0) is 37.0 Å². The molecule has 4 rings (SSSR count). The topological polar surface area (TPSA) is 103 Å². The minimum absolute atomic E-state index is 0.230. The molecular formula is C21H26N6O4. The number of nitrogens with one attached hydrogen (secondary N) is 1. The lowest BCUT2D eigenvalue weighted by molar-refractivity contribution is -0.117. The third-order valence-corrected chi connectivity index (χ3v) is 5.38. The fourth-order valence-corrected chi connectivity index (χ4v) is 3.82. The molecule has 2 aromatic heterocycles. The van der Waals surface area contributed by atoms with Gasteiger partial charge in [0.15, 0.2) is 11.5 Å². The summed E-state index contributed by atoms with van der Waals surface area (Å²) in [5.74, 6) is 2.34. The van der Waals surface area contributed by atoms with Crippen LogP contribution in [0.4, 0.5) is 11.5 Å². The highest BCUT2D eigenvalue weighted by Crippen LogP contribution is 2.29. The number of carbonyl (C=O) groups is 1. The number of anilines is 2. The van der Waals surface area contributed by atoms with Crippen molar-refractivity contribution in [3.8, 4) is 11.5 Å². The second-order valence-corrected chi connectivity index (χ2v) is 7.71. The van der Waals surface area contributed by atoms with Crippen molar-refractivity contribution in [3.05, 3.63) is 40.9 Å². The lowest BCUT2D eigenvalue weighted by Gasteiger charge is -2.31. The molecule has 1 N–H and O–H groups in total. The molecule has 0 bridgehead atoms. The van der Waals surface area contributed by atoms with Gasteiger partial charge in [-0.2, -0.15) is 4.98 Å². The summed E-state index contributed by atoms with van der Waals surface area (Å²) in [5.41, 5.74) is 0.114. The summed E-state index contributed by atoms with van der Waals surface area (Å²) in [6.45, 7) is 3.86. The van der Waals surface area contributed by atoms with E-state index in [0.717, 1.165) is 30.0 Å². The molecule has 1 saturated heterocycles. The molecule has 1 aromatic carbocycles. The number of piperidine rings is 1. The van der Waals surface area contributed by atoms with Gasteiger partial charge in [0, 0.05) is 31.0 Å². The summed E-state index contributed by atoms with van der Waals surface area (Å²) in [6, 6.07) is 6.86. The summed E-state index contributed by atoms with van der Waals surface area (Å²) in [6.07, 6.45) is 3.99. The van der Waals surface area contributed by atoms with E-state index in [4.69, 9.17) is 9.47 Å². The molecule has 3 heterocycles. The van der Waals surface area contributed by atoms with E-state index in [-0.39, 0.29) is 18.2 Å². The van der Waals surface area contributed by atoms with Crippen LogP contribution in [0.3, 0.4) is 0 Å². The summed E-state index contributed by atoms with van der Waals surface area (Å²) < 4.78 is 12.9. The van der Waals surface area contributed by atoms with E-state index < -0.39 is 5.69 Å². The molecule has 1 aliphatic rings. The predicted molar refractivity (Wildman–Crippen MR) is 116 cm³/mol. The highest BCUT2D eigenvalue weighted by atomic mass is 16.5. The van der Waals surface area contributed by atoms with Gasteiger partial charge in [0.2, 0.25) is 5.91 Å². The number of methoxy groups -OCH3 is 2. The van der Waals surface area contributed by atoms with Crippen molar-refractivity contribution in [2.45, 2.75) is 26.3 Å². The van der Waals surface area contributed by atoms with Gasteiger partial charge in [-0.25, -0.2) is 13.9 Å². The van der Waals surface area contributed by atoms with Gasteiger partial charge in [0.1, 0.15) is 12.4 Å². The summed E-state index contributed by atoms with van der Waals surface area (Å²) in [7, 11) is 3.06. The number of nitrogens with zero attached hydrogens (tertiary/aromatic N) is 5. The van der Waals surface area contributed by atoms with E-state index in [9.17, 15) is 9.59 Å². The molecule has 0 saturated carbocycles. The van der Waals surface area contributed by atoms with Crippen LogP contribution in [-0.4, -0.2) is 52.4 Å². The Morgan fingerprint density at radius 1 is 1.23 bits per heavy atom. The van der Waals surface area contributed by atoms with E-state index in [0.29, 0.717) is 23.1 Å². The first-order valence-electron chi connectivity index (χ1n) is 10.2. The van der Waals surface area contributed by atoms with Crippen LogP contribution in [0.15, 0.2) is 35.3 Å². The molecule has 0 aliphatic carbocycles. The molecule has 31 heavy (non-hydrogen) atoms. The van der Waals surface area contributed by atoms with Crippen molar-refractivity contribution in [1.29, 1.82) is 0 Å². The molecule has 10 heteroatoms. The van der Waals surface area contributed by atoms with Gasteiger partial charge in [0.05, 0.1) is 14.2 Å². The minimum Gasteiger partial charge on any atom is -0.493 e. The first kappa shape index (κ1) is 20.7. The number of carbonyl (C=O) groups excluding carboxylic acids is 1. The maximum absolute atomic E-state index is 12.6. The molecule has 10 nitrogen and oxygen atoms in total. The number of rotatable bonds is 6. The smallest absolute Gasteiger partial charge is 0.352 e. The van der Waals surface area contributed by atoms with Crippen molar-refractivity contribution in [2.75, 3.05) is 37.5 Å². The van der Waals surface area contributed by atoms with Crippen LogP contribution < -0.4 is 25.4 Å². The minimum atomic E-state index is -0.413. The van der Waals surface area contributed by atoms with Gasteiger partial charge in [-0.15, -0.1) is 5.10 Å². The lowest BCUT2D eigenvalue weighted by atomic mass is 10.0. The number of benzene rings is 1. The van der Waals surface area contributed by atoms with Crippen LogP contribution in [-0.2, 0) is 11.3 Å². The van der Waals surface area contributed by atoms with Crippen LogP contribution in [0.5, 0.6) is 11.5 Å². The van der Waals surface area contributed by atoms with E-state index in [1.807, 2.05) is 6.07 Å². The van der Waals surface area contributed by atoms with E-state index >= 15 is 0 Å². The Balaban J connectivity index is 1.51. The largest absolute Gasteiger partial charge is 0.493 e. The predicted octanol–water partition coefficient (Wildman–Crippen LogP) is 1.78. The van der Waals surface area contributed by atoms with Crippen molar-refractivity contribution in [2.24, 2.45) is 5.92 Å². The van der Waals surface area contributed by atoms with Crippen LogP contribution in [0.25, 0.3) is 5.78 Å². The third kappa shape index (κ3) is 4.32. The highest BCUT2D eigenvalue weighted by Gasteiger charge is 2.19. The van der Waals surface area contributed by atoms with Crippen LogP contribution in [0.1, 0.15) is 19.8 Å². The zero-order valence-electron chi connectivity index (χ0n) is 17.9. The maximum atomic E-state index is 12.6. The van der Waals surface area contributed by atoms with Crippen molar-refractivity contribution >= 4 is 23.2 Å². The Morgan fingerprint density at radius 3 is 2.77 bits per heavy atom. The first-order valence-corrected chi connectivity index (χ1v) is 10.2. The van der Waals surface area contributed by atoms with Gasteiger partial charge in [-0.1, -0.05) is 6.92 Å². The normalized spacial score (nSPS) is 16.4. The lowest BCUT2D eigenvalue weighted by Crippen LogP contribution is -2.34. The Hall–Kier alpha value is -3.56. The average molecular weight is 426 g/mol. The zero-order valence-corrected chi connectivity index (χ0v) is 17.9. The third-order valence-electron chi connectivity index (χ3n) is 5.38. The van der Waals surface area contributed by atoms with Gasteiger partial charge >= 0.3 is 5.69 Å². The standard InChI is InChI=1S/C21H26N6O4/c1-14-5-4-9-25(12-14)18-8-10-26-20(23-18)24-27(21(26)29)13-19(28)22-15-6-7-16(30-2)17(11-15)31-3/h6-8,10-11,14H,4-5,9,12-13H2,1-3H3,(H,22,28)/t14-/m1/s1. The van der Waals surface area contributed by atoms with Gasteiger partial charge in [-0.3, -0.25) is 4.79 Å². The first-order chi connectivity index (χ1) is 15.0. The van der Waals surface area contributed by atoms with E-state index in [1.165, 1.54) is 25.0 Å². The number of ether oxygens (including phenoxy) is 2. The average Bonchev–Trinajstić information content (AvgIpc) is 3.08.